The second-order valence-electron chi connectivity index (χ2n) is 6.70. The molecule has 0 saturated heterocycles. The monoisotopic (exact) mass is 244 g/mol. The highest BCUT2D eigenvalue weighted by Gasteiger charge is 2.28. The minimum Gasteiger partial charge on any atom is -0.389 e. The van der Waals surface area contributed by atoms with Gasteiger partial charge in [-0.3, -0.25) is 4.79 Å². The second kappa shape index (κ2) is 5.83. The lowest BCUT2D eigenvalue weighted by molar-refractivity contribution is -0.137. The highest BCUT2D eigenvalue weighted by Crippen LogP contribution is 2.25. The molecule has 0 aliphatic rings. The van der Waals surface area contributed by atoms with Gasteiger partial charge in [-0.15, -0.1) is 0 Å². The number of amides is 1. The largest absolute Gasteiger partial charge is 0.389 e. The quantitative estimate of drug-likeness (QED) is 0.764. The summed E-state index contributed by atoms with van der Waals surface area (Å²) in [6, 6.07) is 0. The Balaban J connectivity index is 4.54. The van der Waals surface area contributed by atoms with Crippen molar-refractivity contribution in [1.82, 2.24) is 4.90 Å². The van der Waals surface area contributed by atoms with Crippen molar-refractivity contribution in [2.75, 3.05) is 20.1 Å². The van der Waals surface area contributed by atoms with Crippen molar-refractivity contribution in [1.29, 1.82) is 0 Å². The normalized spacial score (nSPS) is 14.6. The molecule has 4 heteroatoms. The molecule has 0 aromatic rings. The number of rotatable bonds is 5. The van der Waals surface area contributed by atoms with Crippen LogP contribution in [0.4, 0.5) is 0 Å². The molecule has 0 aliphatic heterocycles. The average Bonchev–Trinajstić information content (AvgIpc) is 2.08. The van der Waals surface area contributed by atoms with E-state index in [9.17, 15) is 9.90 Å². The maximum Gasteiger partial charge on any atom is 0.226 e. The molecule has 17 heavy (non-hydrogen) atoms. The Labute approximate surface area is 105 Å². The molecular weight excluding hydrogens is 216 g/mol. The molecule has 0 aromatic heterocycles. The molecule has 0 bridgehead atoms. The molecule has 4 nitrogen and oxygen atoms in total. The van der Waals surface area contributed by atoms with Crippen molar-refractivity contribution in [3.05, 3.63) is 0 Å². The first-order valence-electron chi connectivity index (χ1n) is 6.14. The van der Waals surface area contributed by atoms with E-state index in [0.29, 0.717) is 13.1 Å². The Morgan fingerprint density at radius 2 is 1.76 bits per heavy atom. The zero-order valence-electron chi connectivity index (χ0n) is 12.1. The first-order valence-corrected chi connectivity index (χ1v) is 6.14. The third-order valence-corrected chi connectivity index (χ3v) is 2.49. The molecule has 0 saturated carbocycles. The molecule has 0 aliphatic carbocycles. The number of nitrogens with zero attached hydrogens (tertiary/aromatic N) is 1. The van der Waals surface area contributed by atoms with Gasteiger partial charge in [-0.2, -0.15) is 0 Å². The van der Waals surface area contributed by atoms with E-state index in [1.165, 1.54) is 0 Å². The van der Waals surface area contributed by atoms with E-state index in [1.807, 2.05) is 0 Å². The summed E-state index contributed by atoms with van der Waals surface area (Å²) in [6.07, 6.45) is 0.762. The Morgan fingerprint density at radius 3 is 2.06 bits per heavy atom. The summed E-state index contributed by atoms with van der Waals surface area (Å²) >= 11 is 0. The molecule has 0 heterocycles. The average molecular weight is 244 g/mol. The van der Waals surface area contributed by atoms with Crippen LogP contribution in [0.15, 0.2) is 0 Å². The molecule has 0 rings (SSSR count). The molecule has 1 atom stereocenters. The molecule has 0 aromatic carbocycles. The summed E-state index contributed by atoms with van der Waals surface area (Å²) in [4.78, 5) is 13.7. The van der Waals surface area contributed by atoms with Crippen LogP contribution in [0.5, 0.6) is 0 Å². The number of carbonyl (C=O) groups is 1. The van der Waals surface area contributed by atoms with E-state index in [-0.39, 0.29) is 17.2 Å². The molecule has 3 N–H and O–H groups in total. The van der Waals surface area contributed by atoms with Crippen molar-refractivity contribution in [3.63, 3.8) is 0 Å². The predicted octanol–water partition coefficient (Wildman–Crippen LogP) is 1.23. The maximum atomic E-state index is 12.2. The summed E-state index contributed by atoms with van der Waals surface area (Å²) in [5.74, 6) is -0.146. The number of hydrogen-bond acceptors (Lipinski definition) is 3. The molecule has 1 unspecified atom stereocenters. The lowest BCUT2D eigenvalue weighted by atomic mass is 9.84. The Bertz CT molecular complexity index is 251. The van der Waals surface area contributed by atoms with Gasteiger partial charge in [0, 0.05) is 20.1 Å². The number of hydrogen-bond donors (Lipinski definition) is 2. The van der Waals surface area contributed by atoms with Crippen LogP contribution < -0.4 is 5.73 Å². The van der Waals surface area contributed by atoms with E-state index < -0.39 is 5.60 Å². The van der Waals surface area contributed by atoms with E-state index in [1.54, 1.807) is 25.8 Å². The van der Waals surface area contributed by atoms with Crippen LogP contribution in [-0.2, 0) is 4.79 Å². The topological polar surface area (TPSA) is 66.6 Å². The highest BCUT2D eigenvalue weighted by atomic mass is 16.3. The van der Waals surface area contributed by atoms with Crippen LogP contribution in [0.25, 0.3) is 0 Å². The lowest BCUT2D eigenvalue weighted by Gasteiger charge is -2.31. The van der Waals surface area contributed by atoms with Gasteiger partial charge in [-0.05, 0) is 25.7 Å². The maximum absolute atomic E-state index is 12.2. The second-order valence-corrected chi connectivity index (χ2v) is 6.70. The van der Waals surface area contributed by atoms with Crippen molar-refractivity contribution in [2.24, 2.45) is 17.1 Å². The van der Waals surface area contributed by atoms with Crippen LogP contribution in [0.3, 0.4) is 0 Å². The molecule has 0 spiro atoms. The Hall–Kier alpha value is -0.610. The summed E-state index contributed by atoms with van der Waals surface area (Å²) < 4.78 is 0. The highest BCUT2D eigenvalue weighted by molar-refractivity contribution is 5.79. The number of nitrogens with two attached hydrogens (primary N) is 1. The number of aliphatic hydroxyl groups is 1. The van der Waals surface area contributed by atoms with Gasteiger partial charge in [0.15, 0.2) is 0 Å². The van der Waals surface area contributed by atoms with Crippen LogP contribution in [-0.4, -0.2) is 41.7 Å². The van der Waals surface area contributed by atoms with Crippen LogP contribution in [0.2, 0.25) is 0 Å². The number of carbonyl (C=O) groups excluding carboxylic acids is 1. The number of likely N-dealkylation sites (N-methyl/N-ethyl adjacent to an activating group) is 1. The van der Waals surface area contributed by atoms with Gasteiger partial charge in [0.1, 0.15) is 0 Å². The standard InChI is InChI=1S/C13H28N2O2/c1-12(2,3)7-10(8-14)11(16)15(6)9-13(4,5)17/h10,17H,7-9,14H2,1-6H3. The summed E-state index contributed by atoms with van der Waals surface area (Å²) in [5.41, 5.74) is 4.88. The fraction of sp³-hybridized carbons (Fsp3) is 0.923. The van der Waals surface area contributed by atoms with Crippen molar-refractivity contribution >= 4 is 5.91 Å². The van der Waals surface area contributed by atoms with Crippen molar-refractivity contribution in [2.45, 2.75) is 46.6 Å². The summed E-state index contributed by atoms with van der Waals surface area (Å²) in [7, 11) is 1.71. The first-order chi connectivity index (χ1) is 7.46. The third kappa shape index (κ3) is 7.34. The lowest BCUT2D eigenvalue weighted by Crippen LogP contribution is -2.44. The van der Waals surface area contributed by atoms with E-state index >= 15 is 0 Å². The van der Waals surface area contributed by atoms with Gasteiger partial charge in [-0.1, -0.05) is 20.8 Å². The van der Waals surface area contributed by atoms with E-state index in [2.05, 4.69) is 20.8 Å². The van der Waals surface area contributed by atoms with Crippen LogP contribution >= 0.6 is 0 Å². The molecule has 0 fully saturated rings. The minimum atomic E-state index is -0.870. The van der Waals surface area contributed by atoms with E-state index in [4.69, 9.17) is 5.73 Å². The molecular formula is C13H28N2O2. The van der Waals surface area contributed by atoms with Gasteiger partial charge in [0.05, 0.1) is 11.5 Å². The van der Waals surface area contributed by atoms with Crippen LogP contribution in [0.1, 0.15) is 41.0 Å². The fourth-order valence-electron chi connectivity index (χ4n) is 1.98. The van der Waals surface area contributed by atoms with Gasteiger partial charge < -0.3 is 15.7 Å². The van der Waals surface area contributed by atoms with Crippen molar-refractivity contribution in [3.8, 4) is 0 Å². The third-order valence-electron chi connectivity index (χ3n) is 2.49. The Kier molecular flexibility index (Phi) is 5.62. The summed E-state index contributed by atoms with van der Waals surface area (Å²) in [6.45, 7) is 10.4. The zero-order valence-corrected chi connectivity index (χ0v) is 12.1. The SMILES string of the molecule is CN(CC(C)(C)O)C(=O)C(CN)CC(C)(C)C. The van der Waals surface area contributed by atoms with Crippen LogP contribution in [0, 0.1) is 11.3 Å². The minimum absolute atomic E-state index is 0.0181. The zero-order chi connectivity index (χ0) is 13.9. The molecule has 102 valence electrons. The van der Waals surface area contributed by atoms with E-state index in [0.717, 1.165) is 6.42 Å². The van der Waals surface area contributed by atoms with Gasteiger partial charge in [0.2, 0.25) is 5.91 Å². The van der Waals surface area contributed by atoms with Gasteiger partial charge in [0.25, 0.3) is 0 Å². The fourth-order valence-corrected chi connectivity index (χ4v) is 1.98. The predicted molar refractivity (Wildman–Crippen MR) is 70.6 cm³/mol. The first kappa shape index (κ1) is 16.4. The van der Waals surface area contributed by atoms with Gasteiger partial charge >= 0.3 is 0 Å². The summed E-state index contributed by atoms with van der Waals surface area (Å²) in [5, 5.41) is 9.70. The van der Waals surface area contributed by atoms with Crippen molar-refractivity contribution < 1.29 is 9.90 Å². The smallest absolute Gasteiger partial charge is 0.226 e. The molecule has 1 amide bonds. The van der Waals surface area contributed by atoms with Gasteiger partial charge in [-0.25, -0.2) is 0 Å². The Morgan fingerprint density at radius 1 is 1.29 bits per heavy atom. The molecule has 0 radical (unpaired) electrons.